The maximum atomic E-state index is 12.3. The Labute approximate surface area is 192 Å². The van der Waals surface area contributed by atoms with Crippen LogP contribution in [0.5, 0.6) is 0 Å². The number of nitrogens with zero attached hydrogens (tertiary/aromatic N) is 5. The highest BCUT2D eigenvalue weighted by molar-refractivity contribution is 7.09. The summed E-state index contributed by atoms with van der Waals surface area (Å²) in [5.74, 6) is 1.20. The summed E-state index contributed by atoms with van der Waals surface area (Å²) in [5, 5.41) is 7.42. The Morgan fingerprint density at radius 3 is 2.50 bits per heavy atom. The first-order chi connectivity index (χ1) is 15.5. The van der Waals surface area contributed by atoms with E-state index in [4.69, 9.17) is 14.7 Å². The molecule has 9 heteroatoms. The van der Waals surface area contributed by atoms with Crippen LogP contribution in [0.25, 0.3) is 10.9 Å². The van der Waals surface area contributed by atoms with Crippen molar-refractivity contribution in [2.75, 3.05) is 38.6 Å². The molecule has 170 valence electrons. The molecule has 1 N–H and O–H groups in total. The minimum atomic E-state index is -0.472. The fourth-order valence-electron chi connectivity index (χ4n) is 3.91. The van der Waals surface area contributed by atoms with Crippen LogP contribution < -0.4 is 5.32 Å². The zero-order valence-corrected chi connectivity index (χ0v) is 19.6. The van der Waals surface area contributed by atoms with Gasteiger partial charge in [-0.1, -0.05) is 26.0 Å². The normalized spacial score (nSPS) is 16.4. The molecule has 0 amide bonds. The Hall–Kier alpha value is -2.62. The number of thiazole rings is 1. The molecule has 1 aromatic carbocycles. The van der Waals surface area contributed by atoms with Crippen LogP contribution in [0.1, 0.15) is 24.7 Å². The minimum absolute atomic E-state index is 0.0607. The molecular formula is C23H30N6O2S. The van der Waals surface area contributed by atoms with Crippen molar-refractivity contribution in [2.45, 2.75) is 33.0 Å². The maximum absolute atomic E-state index is 12.3. The topological polar surface area (TPSA) is 83.5 Å². The van der Waals surface area contributed by atoms with Crippen molar-refractivity contribution in [1.82, 2.24) is 24.8 Å². The Morgan fingerprint density at radius 1 is 1.12 bits per heavy atom. The first kappa shape index (κ1) is 22.6. The van der Waals surface area contributed by atoms with E-state index >= 15 is 0 Å². The third-order valence-electron chi connectivity index (χ3n) is 5.74. The average Bonchev–Trinajstić information content (AvgIpc) is 3.31. The maximum Gasteiger partial charge on any atom is 0.328 e. The van der Waals surface area contributed by atoms with Crippen LogP contribution >= 0.6 is 11.3 Å². The van der Waals surface area contributed by atoms with Crippen molar-refractivity contribution in [3.63, 3.8) is 0 Å². The predicted molar refractivity (Wildman–Crippen MR) is 126 cm³/mol. The second kappa shape index (κ2) is 10.3. The number of aromatic nitrogens is 3. The number of piperazine rings is 1. The van der Waals surface area contributed by atoms with Gasteiger partial charge in [0.2, 0.25) is 0 Å². The van der Waals surface area contributed by atoms with Crippen molar-refractivity contribution in [3.05, 3.63) is 46.7 Å². The fourth-order valence-corrected chi connectivity index (χ4v) is 4.56. The number of rotatable bonds is 8. The van der Waals surface area contributed by atoms with Gasteiger partial charge in [-0.3, -0.25) is 9.80 Å². The molecule has 1 aliphatic rings. The van der Waals surface area contributed by atoms with Gasteiger partial charge in [0, 0.05) is 43.1 Å². The standard InChI is InChI=1S/C23H30N6O2S/c1-16(2)21(23(30)31-3)27-22-17-6-4-5-7-18(17)25-19(26-22)14-28-9-11-29(12-10-28)15-20-24-8-13-32-20/h4-8,13,16,21H,9-12,14-15H2,1-3H3,(H,25,26,27)/t21-/m0/s1. The van der Waals surface area contributed by atoms with E-state index in [0.29, 0.717) is 12.4 Å². The van der Waals surface area contributed by atoms with E-state index in [9.17, 15) is 4.79 Å². The summed E-state index contributed by atoms with van der Waals surface area (Å²) < 4.78 is 5.00. The number of benzene rings is 1. The highest BCUT2D eigenvalue weighted by atomic mass is 32.1. The molecule has 1 fully saturated rings. The van der Waals surface area contributed by atoms with Crippen molar-refractivity contribution in [1.29, 1.82) is 0 Å². The summed E-state index contributed by atoms with van der Waals surface area (Å²) in [6.07, 6.45) is 1.86. The summed E-state index contributed by atoms with van der Waals surface area (Å²) in [4.78, 5) is 31.1. The van der Waals surface area contributed by atoms with Crippen LogP contribution in [0.4, 0.5) is 5.82 Å². The predicted octanol–water partition coefficient (Wildman–Crippen LogP) is 3.01. The zero-order valence-electron chi connectivity index (χ0n) is 18.8. The summed E-state index contributed by atoms with van der Waals surface area (Å²) in [6.45, 7) is 9.48. The van der Waals surface area contributed by atoms with Gasteiger partial charge in [0.05, 0.1) is 25.7 Å². The summed E-state index contributed by atoms with van der Waals surface area (Å²) >= 11 is 1.71. The number of anilines is 1. The molecule has 0 spiro atoms. The highest BCUT2D eigenvalue weighted by Gasteiger charge is 2.25. The van der Waals surface area contributed by atoms with Gasteiger partial charge in [0.1, 0.15) is 22.7 Å². The van der Waals surface area contributed by atoms with Gasteiger partial charge in [-0.15, -0.1) is 11.3 Å². The van der Waals surface area contributed by atoms with Gasteiger partial charge >= 0.3 is 5.97 Å². The smallest absolute Gasteiger partial charge is 0.328 e. The number of esters is 1. The Morgan fingerprint density at radius 2 is 1.84 bits per heavy atom. The Balaban J connectivity index is 1.48. The number of carbonyl (C=O) groups excluding carboxylic acids is 1. The molecule has 0 saturated carbocycles. The van der Waals surface area contributed by atoms with Gasteiger partial charge in [0.25, 0.3) is 0 Å². The fraction of sp³-hybridized carbons (Fsp3) is 0.478. The molecule has 3 heterocycles. The van der Waals surface area contributed by atoms with Crippen LogP contribution in [-0.4, -0.2) is 70.1 Å². The van der Waals surface area contributed by atoms with Crippen molar-refractivity contribution in [3.8, 4) is 0 Å². The summed E-state index contributed by atoms with van der Waals surface area (Å²) in [7, 11) is 1.41. The number of fused-ring (bicyclic) bond motifs is 1. The van der Waals surface area contributed by atoms with Gasteiger partial charge in [-0.25, -0.2) is 19.7 Å². The van der Waals surface area contributed by atoms with E-state index in [1.165, 1.54) is 7.11 Å². The van der Waals surface area contributed by atoms with Crippen molar-refractivity contribution >= 4 is 34.0 Å². The lowest BCUT2D eigenvalue weighted by Crippen LogP contribution is -2.45. The number of methoxy groups -OCH3 is 1. The van der Waals surface area contributed by atoms with Crippen molar-refractivity contribution < 1.29 is 9.53 Å². The van der Waals surface area contributed by atoms with E-state index in [1.54, 1.807) is 11.3 Å². The number of hydrogen-bond donors (Lipinski definition) is 1. The molecule has 0 radical (unpaired) electrons. The van der Waals surface area contributed by atoms with Gasteiger partial charge < -0.3 is 10.1 Å². The molecule has 32 heavy (non-hydrogen) atoms. The lowest BCUT2D eigenvalue weighted by atomic mass is 10.0. The third-order valence-corrected chi connectivity index (χ3v) is 6.50. The highest BCUT2D eigenvalue weighted by Crippen LogP contribution is 2.23. The number of carbonyl (C=O) groups is 1. The first-order valence-corrected chi connectivity index (χ1v) is 11.8. The number of para-hydroxylation sites is 1. The number of ether oxygens (including phenoxy) is 1. The monoisotopic (exact) mass is 454 g/mol. The molecule has 0 aliphatic carbocycles. The Bertz CT molecular complexity index is 1030. The molecule has 0 bridgehead atoms. The second-order valence-electron chi connectivity index (χ2n) is 8.37. The number of hydrogen-bond acceptors (Lipinski definition) is 9. The summed E-state index contributed by atoms with van der Waals surface area (Å²) in [5.41, 5.74) is 0.870. The van der Waals surface area contributed by atoms with Crippen LogP contribution in [0.2, 0.25) is 0 Å². The van der Waals surface area contributed by atoms with Crippen LogP contribution in [0, 0.1) is 5.92 Å². The van der Waals surface area contributed by atoms with Gasteiger partial charge in [-0.05, 0) is 18.1 Å². The molecule has 8 nitrogen and oxygen atoms in total. The lowest BCUT2D eigenvalue weighted by molar-refractivity contribution is -0.142. The lowest BCUT2D eigenvalue weighted by Gasteiger charge is -2.33. The molecule has 1 saturated heterocycles. The largest absolute Gasteiger partial charge is 0.467 e. The van der Waals surface area contributed by atoms with E-state index in [2.05, 4.69) is 20.1 Å². The van der Waals surface area contributed by atoms with E-state index in [0.717, 1.165) is 54.5 Å². The van der Waals surface area contributed by atoms with E-state index < -0.39 is 6.04 Å². The quantitative estimate of drug-likeness (QED) is 0.520. The Kier molecular flexibility index (Phi) is 7.29. The zero-order chi connectivity index (χ0) is 22.5. The second-order valence-corrected chi connectivity index (χ2v) is 9.35. The van der Waals surface area contributed by atoms with Gasteiger partial charge in [-0.2, -0.15) is 0 Å². The molecule has 1 atom stereocenters. The summed E-state index contributed by atoms with van der Waals surface area (Å²) in [6, 6.07) is 7.43. The van der Waals surface area contributed by atoms with Crippen LogP contribution in [-0.2, 0) is 22.6 Å². The van der Waals surface area contributed by atoms with E-state index in [-0.39, 0.29) is 11.9 Å². The molecule has 1 aliphatic heterocycles. The number of nitrogens with one attached hydrogen (secondary N) is 1. The molecule has 2 aromatic heterocycles. The average molecular weight is 455 g/mol. The molecular weight excluding hydrogens is 424 g/mol. The van der Waals surface area contributed by atoms with Crippen LogP contribution in [0.15, 0.2) is 35.8 Å². The molecule has 0 unspecified atom stereocenters. The third kappa shape index (κ3) is 5.40. The minimum Gasteiger partial charge on any atom is -0.467 e. The molecule has 3 aromatic rings. The SMILES string of the molecule is COC(=O)[C@@H](Nc1nc(CN2CCN(Cc3nccs3)CC2)nc2ccccc12)C(C)C. The van der Waals surface area contributed by atoms with Gasteiger partial charge in [0.15, 0.2) is 0 Å². The van der Waals surface area contributed by atoms with Crippen LogP contribution in [0.3, 0.4) is 0 Å². The van der Waals surface area contributed by atoms with Crippen molar-refractivity contribution in [2.24, 2.45) is 5.92 Å². The van der Waals surface area contributed by atoms with E-state index in [1.807, 2.05) is 49.7 Å². The molecule has 4 rings (SSSR count). The first-order valence-electron chi connectivity index (χ1n) is 11.0.